The number of fused-ring (bicyclic) bond motifs is 2. The zero-order valence-corrected chi connectivity index (χ0v) is 16.6. The van der Waals surface area contributed by atoms with Gasteiger partial charge in [-0.3, -0.25) is 9.97 Å². The number of methoxy groups -OCH3 is 1. The lowest BCUT2D eigenvalue weighted by molar-refractivity contribution is 0.399. The zero-order valence-electron chi connectivity index (χ0n) is 16.6. The van der Waals surface area contributed by atoms with Gasteiger partial charge in [0.15, 0.2) is 0 Å². The summed E-state index contributed by atoms with van der Waals surface area (Å²) in [6, 6.07) is 18.0. The lowest BCUT2D eigenvalue weighted by atomic mass is 10.0. The van der Waals surface area contributed by atoms with Gasteiger partial charge >= 0.3 is 0 Å². The van der Waals surface area contributed by atoms with Gasteiger partial charge in [0.25, 0.3) is 0 Å². The Hall–Kier alpha value is -4.00. The van der Waals surface area contributed by atoms with Crippen LogP contribution in [0, 0.1) is 0 Å². The van der Waals surface area contributed by atoms with Crippen LogP contribution in [0.4, 0.5) is 5.95 Å². The summed E-state index contributed by atoms with van der Waals surface area (Å²) >= 11 is 0. The fraction of sp³-hybridized carbons (Fsp3) is 0.130. The molecule has 0 radical (unpaired) electrons. The van der Waals surface area contributed by atoms with E-state index in [1.165, 1.54) is 0 Å². The molecule has 5 aromatic rings. The lowest BCUT2D eigenvalue weighted by Crippen LogP contribution is -2.13. The largest absolute Gasteiger partial charge is 0.479 e. The van der Waals surface area contributed by atoms with E-state index in [-0.39, 0.29) is 6.04 Å². The highest BCUT2D eigenvalue weighted by Gasteiger charge is 2.16. The Labute approximate surface area is 173 Å². The van der Waals surface area contributed by atoms with Gasteiger partial charge in [0.1, 0.15) is 5.52 Å². The Morgan fingerprint density at radius 1 is 1.00 bits per heavy atom. The van der Waals surface area contributed by atoms with Crippen molar-refractivity contribution in [3.05, 3.63) is 78.9 Å². The molecule has 0 amide bonds. The maximum atomic E-state index is 5.62. The molecule has 5 rings (SSSR count). The van der Waals surface area contributed by atoms with Gasteiger partial charge < -0.3 is 10.1 Å². The Morgan fingerprint density at radius 2 is 1.90 bits per heavy atom. The van der Waals surface area contributed by atoms with Crippen LogP contribution in [0.15, 0.2) is 73.2 Å². The summed E-state index contributed by atoms with van der Waals surface area (Å²) in [7, 11) is 1.62. The van der Waals surface area contributed by atoms with Crippen molar-refractivity contribution in [2.75, 3.05) is 12.4 Å². The van der Waals surface area contributed by atoms with E-state index in [4.69, 9.17) is 4.74 Å². The number of nitrogens with zero attached hydrogens (tertiary/aromatic N) is 5. The van der Waals surface area contributed by atoms with E-state index in [1.54, 1.807) is 24.0 Å². The second kappa shape index (κ2) is 7.44. The number of ether oxygens (including phenoxy) is 1. The molecule has 0 spiro atoms. The quantitative estimate of drug-likeness (QED) is 0.471. The molecule has 4 heterocycles. The molecule has 1 unspecified atom stereocenters. The van der Waals surface area contributed by atoms with Crippen LogP contribution in [-0.4, -0.2) is 31.7 Å². The smallest absolute Gasteiger partial charge is 0.244 e. The molecule has 0 saturated carbocycles. The molecule has 0 aliphatic carbocycles. The molecule has 7 nitrogen and oxygen atoms in total. The molecule has 7 heteroatoms. The van der Waals surface area contributed by atoms with E-state index in [2.05, 4.69) is 43.6 Å². The first kappa shape index (κ1) is 18.1. The Morgan fingerprint density at radius 3 is 2.73 bits per heavy atom. The number of hydrogen-bond acceptors (Lipinski definition) is 6. The molecule has 148 valence electrons. The molecule has 1 aromatic carbocycles. The standard InChI is InChI=1S/C23H20N6O/c1-15(19-7-3-4-11-24-19)26-23-27-22(30-2)21-18(10-13-29(21)28-23)16-8-9-20-17(14-16)6-5-12-25-20/h3-15H,1-2H3,(H,26,28). The van der Waals surface area contributed by atoms with E-state index in [0.717, 1.165) is 33.2 Å². The fourth-order valence-corrected chi connectivity index (χ4v) is 3.57. The third-order valence-corrected chi connectivity index (χ3v) is 5.06. The maximum Gasteiger partial charge on any atom is 0.244 e. The second-order valence-electron chi connectivity index (χ2n) is 7.00. The van der Waals surface area contributed by atoms with Gasteiger partial charge in [-0.2, -0.15) is 4.98 Å². The topological polar surface area (TPSA) is 77.2 Å². The Kier molecular flexibility index (Phi) is 4.48. The zero-order chi connectivity index (χ0) is 20.5. The number of pyridine rings is 2. The van der Waals surface area contributed by atoms with Crippen molar-refractivity contribution in [2.45, 2.75) is 13.0 Å². The number of aromatic nitrogens is 5. The molecule has 30 heavy (non-hydrogen) atoms. The van der Waals surface area contributed by atoms with Gasteiger partial charge in [-0.05, 0) is 48.9 Å². The second-order valence-corrected chi connectivity index (χ2v) is 7.00. The maximum absolute atomic E-state index is 5.62. The van der Waals surface area contributed by atoms with Gasteiger partial charge in [-0.25, -0.2) is 4.52 Å². The van der Waals surface area contributed by atoms with Crippen molar-refractivity contribution in [3.8, 4) is 17.0 Å². The molecular weight excluding hydrogens is 376 g/mol. The first-order chi connectivity index (χ1) is 14.7. The van der Waals surface area contributed by atoms with Crippen LogP contribution in [0.3, 0.4) is 0 Å². The normalized spacial score (nSPS) is 12.2. The molecule has 0 bridgehead atoms. The predicted octanol–water partition coefficient (Wildman–Crippen LogP) is 4.52. The molecule has 0 fully saturated rings. The summed E-state index contributed by atoms with van der Waals surface area (Å²) in [4.78, 5) is 13.4. The van der Waals surface area contributed by atoms with Crippen LogP contribution >= 0.6 is 0 Å². The first-order valence-electron chi connectivity index (χ1n) is 9.69. The average Bonchev–Trinajstić information content (AvgIpc) is 3.23. The van der Waals surface area contributed by atoms with Gasteiger partial charge in [0.05, 0.1) is 24.4 Å². The van der Waals surface area contributed by atoms with Gasteiger partial charge in [0.2, 0.25) is 11.8 Å². The Bertz CT molecular complexity index is 1330. The number of nitrogens with one attached hydrogen (secondary N) is 1. The van der Waals surface area contributed by atoms with Crippen molar-refractivity contribution < 1.29 is 4.74 Å². The lowest BCUT2D eigenvalue weighted by Gasteiger charge is -2.14. The van der Waals surface area contributed by atoms with Gasteiger partial charge in [0, 0.05) is 29.5 Å². The third kappa shape index (κ3) is 3.20. The highest BCUT2D eigenvalue weighted by atomic mass is 16.5. The highest BCUT2D eigenvalue weighted by Crippen LogP contribution is 2.33. The summed E-state index contributed by atoms with van der Waals surface area (Å²) in [5.74, 6) is 0.981. The number of rotatable bonds is 5. The molecule has 1 atom stereocenters. The molecular formula is C23H20N6O. The van der Waals surface area contributed by atoms with E-state index in [1.807, 2.05) is 49.5 Å². The summed E-state index contributed by atoms with van der Waals surface area (Å²) < 4.78 is 7.42. The van der Waals surface area contributed by atoms with Crippen LogP contribution in [0.1, 0.15) is 18.7 Å². The summed E-state index contributed by atoms with van der Waals surface area (Å²) in [6.45, 7) is 2.02. The minimum absolute atomic E-state index is 0.0450. The van der Waals surface area contributed by atoms with Gasteiger partial charge in [-0.15, -0.1) is 5.10 Å². The van der Waals surface area contributed by atoms with Crippen LogP contribution in [0.5, 0.6) is 5.88 Å². The van der Waals surface area contributed by atoms with Crippen LogP contribution < -0.4 is 10.1 Å². The molecule has 0 saturated heterocycles. The molecule has 0 aliphatic rings. The highest BCUT2D eigenvalue weighted by molar-refractivity contribution is 5.90. The summed E-state index contributed by atoms with van der Waals surface area (Å²) in [5, 5.41) is 9.02. The van der Waals surface area contributed by atoms with Crippen molar-refractivity contribution >= 4 is 22.4 Å². The molecule has 0 aliphatic heterocycles. The van der Waals surface area contributed by atoms with Crippen molar-refractivity contribution in [2.24, 2.45) is 0 Å². The monoisotopic (exact) mass is 396 g/mol. The van der Waals surface area contributed by atoms with Crippen molar-refractivity contribution in [1.82, 2.24) is 24.6 Å². The van der Waals surface area contributed by atoms with E-state index in [9.17, 15) is 0 Å². The molecule has 1 N–H and O–H groups in total. The number of anilines is 1. The fourth-order valence-electron chi connectivity index (χ4n) is 3.57. The Balaban J connectivity index is 1.55. The minimum atomic E-state index is -0.0450. The SMILES string of the molecule is COc1nc(NC(C)c2ccccn2)nn2ccc(-c3ccc4ncccc4c3)c12. The van der Waals surface area contributed by atoms with Crippen molar-refractivity contribution in [3.63, 3.8) is 0 Å². The van der Waals surface area contributed by atoms with E-state index < -0.39 is 0 Å². The number of benzene rings is 1. The van der Waals surface area contributed by atoms with E-state index >= 15 is 0 Å². The van der Waals surface area contributed by atoms with Crippen molar-refractivity contribution in [1.29, 1.82) is 0 Å². The van der Waals surface area contributed by atoms with Crippen LogP contribution in [0.2, 0.25) is 0 Å². The molecule has 4 aromatic heterocycles. The van der Waals surface area contributed by atoms with Gasteiger partial charge in [-0.1, -0.05) is 18.2 Å². The predicted molar refractivity (Wildman–Crippen MR) is 117 cm³/mol. The minimum Gasteiger partial charge on any atom is -0.479 e. The summed E-state index contributed by atoms with van der Waals surface area (Å²) in [6.07, 6.45) is 5.49. The van der Waals surface area contributed by atoms with E-state index in [0.29, 0.717) is 11.8 Å². The average molecular weight is 396 g/mol. The third-order valence-electron chi connectivity index (χ3n) is 5.06. The number of hydrogen-bond donors (Lipinski definition) is 1. The summed E-state index contributed by atoms with van der Waals surface area (Å²) in [5.41, 5.74) is 4.75. The van der Waals surface area contributed by atoms with Crippen LogP contribution in [0.25, 0.3) is 27.5 Å². The first-order valence-corrected chi connectivity index (χ1v) is 9.69. The van der Waals surface area contributed by atoms with Crippen LogP contribution in [-0.2, 0) is 0 Å².